The summed E-state index contributed by atoms with van der Waals surface area (Å²) in [6.07, 6.45) is 1.82. The van der Waals surface area contributed by atoms with E-state index in [1.165, 1.54) is 0 Å². The van der Waals surface area contributed by atoms with Gasteiger partial charge in [-0.1, -0.05) is 11.6 Å². The maximum atomic E-state index is 9.04. The van der Waals surface area contributed by atoms with Crippen molar-refractivity contribution in [1.82, 2.24) is 9.38 Å². The molecule has 2 aromatic heterocycles. The molecule has 0 amide bonds. The lowest BCUT2D eigenvalue weighted by atomic mass is 10.4. The van der Waals surface area contributed by atoms with E-state index in [0.29, 0.717) is 10.8 Å². The van der Waals surface area contributed by atoms with Gasteiger partial charge in [0.25, 0.3) is 0 Å². The van der Waals surface area contributed by atoms with Crippen LogP contribution in [0.2, 0.25) is 5.15 Å². The minimum atomic E-state index is -0.115. The summed E-state index contributed by atoms with van der Waals surface area (Å²) in [5, 5.41) is 9.38. The molecule has 0 aliphatic rings. The van der Waals surface area contributed by atoms with Crippen molar-refractivity contribution in [3.63, 3.8) is 0 Å². The highest BCUT2D eigenvalue weighted by molar-refractivity contribution is 9.10. The summed E-state index contributed by atoms with van der Waals surface area (Å²) < 4.78 is 2.68. The number of rotatable bonds is 1. The Balaban J connectivity index is 2.80. The van der Waals surface area contributed by atoms with Gasteiger partial charge in [-0.15, -0.1) is 0 Å². The first-order chi connectivity index (χ1) is 6.22. The SMILES string of the molecule is OCc1c(Cl)nc2ccc(Br)cn12. The lowest BCUT2D eigenvalue weighted by Gasteiger charge is -1.97. The van der Waals surface area contributed by atoms with E-state index >= 15 is 0 Å². The first-order valence-corrected chi connectivity index (χ1v) is 4.82. The molecule has 0 fully saturated rings. The first-order valence-electron chi connectivity index (χ1n) is 3.65. The van der Waals surface area contributed by atoms with E-state index in [1.54, 1.807) is 4.40 Å². The van der Waals surface area contributed by atoms with Crippen LogP contribution in [0.15, 0.2) is 22.8 Å². The lowest BCUT2D eigenvalue weighted by molar-refractivity contribution is 0.276. The minimum Gasteiger partial charge on any atom is -0.390 e. The molecule has 68 valence electrons. The topological polar surface area (TPSA) is 37.5 Å². The molecule has 2 aromatic rings. The Kier molecular flexibility index (Phi) is 2.27. The summed E-state index contributed by atoms with van der Waals surface area (Å²) in [4.78, 5) is 4.07. The predicted octanol–water partition coefficient (Wildman–Crippen LogP) is 2.24. The zero-order valence-corrected chi connectivity index (χ0v) is 8.88. The Hall–Kier alpha value is -0.580. The molecule has 1 N–H and O–H groups in total. The van der Waals surface area contributed by atoms with Crippen LogP contribution >= 0.6 is 27.5 Å². The van der Waals surface area contributed by atoms with Crippen LogP contribution in [0.3, 0.4) is 0 Å². The summed E-state index contributed by atoms with van der Waals surface area (Å²) in [5.41, 5.74) is 1.34. The number of imidazole rings is 1. The standard InChI is InChI=1S/C8H6BrClN2O/c9-5-1-2-7-11-8(10)6(4-13)12(7)3-5/h1-3,13H,4H2. The highest BCUT2D eigenvalue weighted by Gasteiger charge is 2.08. The number of fused-ring (bicyclic) bond motifs is 1. The fraction of sp³-hybridized carbons (Fsp3) is 0.125. The quantitative estimate of drug-likeness (QED) is 0.855. The first kappa shape index (κ1) is 8.99. The van der Waals surface area contributed by atoms with Gasteiger partial charge < -0.3 is 5.11 Å². The zero-order valence-electron chi connectivity index (χ0n) is 6.54. The Morgan fingerprint density at radius 2 is 2.31 bits per heavy atom. The second-order valence-corrected chi connectivity index (χ2v) is 3.86. The lowest BCUT2D eigenvalue weighted by Crippen LogP contribution is -1.92. The van der Waals surface area contributed by atoms with Gasteiger partial charge in [-0.25, -0.2) is 4.98 Å². The second kappa shape index (κ2) is 3.29. The summed E-state index contributed by atoms with van der Waals surface area (Å²) in [6.45, 7) is -0.115. The van der Waals surface area contributed by atoms with E-state index in [4.69, 9.17) is 16.7 Å². The van der Waals surface area contributed by atoms with E-state index in [1.807, 2.05) is 18.3 Å². The molecule has 0 atom stereocenters. The van der Waals surface area contributed by atoms with Crippen molar-refractivity contribution in [3.05, 3.63) is 33.6 Å². The summed E-state index contributed by atoms with van der Waals surface area (Å²) in [7, 11) is 0. The van der Waals surface area contributed by atoms with E-state index < -0.39 is 0 Å². The third kappa shape index (κ3) is 1.45. The van der Waals surface area contributed by atoms with Gasteiger partial charge in [-0.2, -0.15) is 0 Å². The molecule has 0 radical (unpaired) electrons. The van der Waals surface area contributed by atoms with Gasteiger partial charge in [0.1, 0.15) is 5.65 Å². The molecular formula is C8H6BrClN2O. The molecule has 0 saturated heterocycles. The fourth-order valence-electron chi connectivity index (χ4n) is 1.18. The maximum Gasteiger partial charge on any atom is 0.153 e. The second-order valence-electron chi connectivity index (χ2n) is 2.58. The Labute approximate surface area is 88.1 Å². The van der Waals surface area contributed by atoms with E-state index in [0.717, 1.165) is 10.1 Å². The number of aliphatic hydroxyl groups excluding tert-OH is 1. The highest BCUT2D eigenvalue weighted by Crippen LogP contribution is 2.20. The number of aromatic nitrogens is 2. The molecule has 0 aliphatic carbocycles. The van der Waals surface area contributed by atoms with Crippen molar-refractivity contribution in [2.75, 3.05) is 0 Å². The molecule has 0 aromatic carbocycles. The van der Waals surface area contributed by atoms with Crippen LogP contribution in [0.25, 0.3) is 5.65 Å². The average molecular weight is 262 g/mol. The van der Waals surface area contributed by atoms with Gasteiger partial charge >= 0.3 is 0 Å². The van der Waals surface area contributed by atoms with Gasteiger partial charge in [0.15, 0.2) is 5.15 Å². The number of hydrogen-bond donors (Lipinski definition) is 1. The van der Waals surface area contributed by atoms with Gasteiger partial charge in [-0.05, 0) is 28.1 Å². The summed E-state index contributed by atoms with van der Waals surface area (Å²) >= 11 is 9.14. The number of hydrogen-bond acceptors (Lipinski definition) is 2. The van der Waals surface area contributed by atoms with E-state index in [-0.39, 0.29) is 6.61 Å². The highest BCUT2D eigenvalue weighted by atomic mass is 79.9. The molecule has 5 heteroatoms. The molecule has 0 aliphatic heterocycles. The van der Waals surface area contributed by atoms with Crippen molar-refractivity contribution in [3.8, 4) is 0 Å². The largest absolute Gasteiger partial charge is 0.390 e. The van der Waals surface area contributed by atoms with Crippen LogP contribution in [0.4, 0.5) is 0 Å². The van der Waals surface area contributed by atoms with Crippen molar-refractivity contribution < 1.29 is 5.11 Å². The number of halogens is 2. The zero-order chi connectivity index (χ0) is 9.42. The molecule has 13 heavy (non-hydrogen) atoms. The average Bonchev–Trinajstić information content (AvgIpc) is 2.40. The molecule has 0 saturated carbocycles. The van der Waals surface area contributed by atoms with Crippen LogP contribution in [-0.4, -0.2) is 14.5 Å². The Bertz CT molecular complexity index is 455. The van der Waals surface area contributed by atoms with Crippen molar-refractivity contribution in [1.29, 1.82) is 0 Å². The predicted molar refractivity (Wildman–Crippen MR) is 53.8 cm³/mol. The van der Waals surface area contributed by atoms with Crippen LogP contribution in [0.1, 0.15) is 5.69 Å². The maximum absolute atomic E-state index is 9.04. The van der Waals surface area contributed by atoms with Gasteiger partial charge in [0.05, 0.1) is 12.3 Å². The van der Waals surface area contributed by atoms with Gasteiger partial charge in [-0.3, -0.25) is 4.40 Å². The third-order valence-electron chi connectivity index (χ3n) is 1.78. The number of nitrogens with zero attached hydrogens (tertiary/aromatic N) is 2. The van der Waals surface area contributed by atoms with Crippen molar-refractivity contribution >= 4 is 33.2 Å². The molecule has 3 nitrogen and oxygen atoms in total. The van der Waals surface area contributed by atoms with Crippen LogP contribution in [0.5, 0.6) is 0 Å². The molecule has 0 bridgehead atoms. The summed E-state index contributed by atoms with van der Waals surface area (Å²) in [5.74, 6) is 0. The monoisotopic (exact) mass is 260 g/mol. The van der Waals surface area contributed by atoms with Gasteiger partial charge in [0, 0.05) is 10.7 Å². The molecule has 0 unspecified atom stereocenters. The normalized spacial score (nSPS) is 11.0. The van der Waals surface area contributed by atoms with Crippen LogP contribution < -0.4 is 0 Å². The molecule has 2 rings (SSSR count). The van der Waals surface area contributed by atoms with E-state index in [2.05, 4.69) is 20.9 Å². The summed E-state index contributed by atoms with van der Waals surface area (Å²) in [6, 6.07) is 3.70. The Morgan fingerprint density at radius 3 is 3.00 bits per heavy atom. The van der Waals surface area contributed by atoms with Gasteiger partial charge in [0.2, 0.25) is 0 Å². The van der Waals surface area contributed by atoms with Crippen molar-refractivity contribution in [2.45, 2.75) is 6.61 Å². The van der Waals surface area contributed by atoms with E-state index in [9.17, 15) is 0 Å². The third-order valence-corrected chi connectivity index (χ3v) is 2.55. The van der Waals surface area contributed by atoms with Crippen molar-refractivity contribution in [2.24, 2.45) is 0 Å². The minimum absolute atomic E-state index is 0.115. The molecule has 0 spiro atoms. The number of pyridine rings is 1. The fourth-order valence-corrected chi connectivity index (χ4v) is 1.75. The number of aliphatic hydroxyl groups is 1. The van der Waals surface area contributed by atoms with Crippen LogP contribution in [-0.2, 0) is 6.61 Å². The smallest absolute Gasteiger partial charge is 0.153 e. The van der Waals surface area contributed by atoms with Crippen LogP contribution in [0, 0.1) is 0 Å². The Morgan fingerprint density at radius 1 is 1.54 bits per heavy atom. The molecule has 2 heterocycles. The molecular weight excluding hydrogens is 255 g/mol.